The first-order chi connectivity index (χ1) is 7.77. The second-order valence-electron chi connectivity index (χ2n) is 3.68. The van der Waals surface area contributed by atoms with E-state index in [1.54, 1.807) is 0 Å². The maximum atomic E-state index is 3.77. The van der Waals surface area contributed by atoms with Gasteiger partial charge in [0.1, 0.15) is 0 Å². The van der Waals surface area contributed by atoms with E-state index in [-0.39, 0.29) is 0 Å². The Labute approximate surface area is 118 Å². The zero-order valence-electron chi connectivity index (χ0n) is 8.74. The van der Waals surface area contributed by atoms with Gasteiger partial charge in [-0.1, -0.05) is 64.5 Å². The molecule has 0 aliphatic rings. The third-order valence-electron chi connectivity index (χ3n) is 2.50. The van der Waals surface area contributed by atoms with E-state index in [1.807, 2.05) is 0 Å². The average molecular weight is 387 g/mol. The molecule has 0 aliphatic carbocycles. The van der Waals surface area contributed by atoms with Crippen LogP contribution in [-0.4, -0.2) is 0 Å². The van der Waals surface area contributed by atoms with Gasteiger partial charge >= 0.3 is 0 Å². The van der Waals surface area contributed by atoms with Gasteiger partial charge in [0, 0.05) is 8.40 Å². The third kappa shape index (κ3) is 3.08. The summed E-state index contributed by atoms with van der Waals surface area (Å²) in [6.45, 7) is 0. The number of rotatable bonds is 3. The van der Waals surface area contributed by atoms with Gasteiger partial charge in [-0.25, -0.2) is 0 Å². The molecule has 0 amide bonds. The van der Waals surface area contributed by atoms with Gasteiger partial charge < -0.3 is 0 Å². The molecule has 2 aromatic carbocycles. The van der Waals surface area contributed by atoms with Gasteiger partial charge in [0.2, 0.25) is 0 Å². The summed E-state index contributed by atoms with van der Waals surface area (Å²) in [5.74, 6) is 0. The molecule has 0 saturated carbocycles. The van der Waals surface area contributed by atoms with Gasteiger partial charge in [-0.15, -0.1) is 0 Å². The highest BCUT2D eigenvalue weighted by atomic mass is 127. The molecule has 0 N–H and O–H groups in total. The van der Waals surface area contributed by atoms with Crippen molar-refractivity contribution < 1.29 is 0 Å². The standard InChI is InChI=1S/C14H12BrI/c15-13(10-11-6-2-1-3-7-11)12-8-4-5-9-14(12)16/h1-9,13H,10H2. The molecule has 0 heterocycles. The van der Waals surface area contributed by atoms with Crippen molar-refractivity contribution in [2.24, 2.45) is 0 Å². The number of alkyl halides is 1. The minimum absolute atomic E-state index is 0.392. The fraction of sp³-hybridized carbons (Fsp3) is 0.143. The van der Waals surface area contributed by atoms with Crippen LogP contribution in [0.1, 0.15) is 16.0 Å². The van der Waals surface area contributed by atoms with Crippen LogP contribution in [0.5, 0.6) is 0 Å². The van der Waals surface area contributed by atoms with Gasteiger partial charge in [0.05, 0.1) is 0 Å². The summed E-state index contributed by atoms with van der Waals surface area (Å²) in [4.78, 5) is 0.392. The molecule has 82 valence electrons. The van der Waals surface area contributed by atoms with Crippen LogP contribution in [0, 0.1) is 3.57 Å². The highest BCUT2D eigenvalue weighted by Gasteiger charge is 2.10. The quantitative estimate of drug-likeness (QED) is 0.516. The zero-order valence-corrected chi connectivity index (χ0v) is 12.5. The highest BCUT2D eigenvalue weighted by Crippen LogP contribution is 2.30. The summed E-state index contributed by atoms with van der Waals surface area (Å²) in [6, 6.07) is 19.1. The molecule has 1 unspecified atom stereocenters. The van der Waals surface area contributed by atoms with Crippen LogP contribution in [0.25, 0.3) is 0 Å². The molecular formula is C14H12BrI. The minimum atomic E-state index is 0.392. The monoisotopic (exact) mass is 386 g/mol. The normalized spacial score (nSPS) is 12.4. The topological polar surface area (TPSA) is 0 Å². The molecule has 0 fully saturated rings. The number of hydrogen-bond donors (Lipinski definition) is 0. The van der Waals surface area contributed by atoms with Gasteiger partial charge in [-0.2, -0.15) is 0 Å². The van der Waals surface area contributed by atoms with Crippen LogP contribution in [0.15, 0.2) is 54.6 Å². The first kappa shape index (κ1) is 12.1. The molecule has 2 aromatic rings. The Morgan fingerprint density at radius 2 is 1.56 bits per heavy atom. The van der Waals surface area contributed by atoms with E-state index < -0.39 is 0 Å². The van der Waals surface area contributed by atoms with Crippen molar-refractivity contribution in [2.75, 3.05) is 0 Å². The molecular weight excluding hydrogens is 375 g/mol. The molecule has 0 bridgehead atoms. The smallest absolute Gasteiger partial charge is 0.0446 e. The van der Waals surface area contributed by atoms with Crippen molar-refractivity contribution in [3.63, 3.8) is 0 Å². The summed E-state index contributed by atoms with van der Waals surface area (Å²) in [5.41, 5.74) is 2.73. The van der Waals surface area contributed by atoms with E-state index in [9.17, 15) is 0 Å². The Hall–Kier alpha value is -0.350. The van der Waals surface area contributed by atoms with E-state index in [2.05, 4.69) is 93.1 Å². The molecule has 0 aromatic heterocycles. The first-order valence-electron chi connectivity index (χ1n) is 5.20. The minimum Gasteiger partial charge on any atom is -0.0835 e. The van der Waals surface area contributed by atoms with Crippen molar-refractivity contribution in [1.82, 2.24) is 0 Å². The number of benzene rings is 2. The Bertz CT molecular complexity index is 453. The molecule has 2 rings (SSSR count). The lowest BCUT2D eigenvalue weighted by atomic mass is 10.0. The average Bonchev–Trinajstić information content (AvgIpc) is 2.31. The van der Waals surface area contributed by atoms with Crippen molar-refractivity contribution in [3.8, 4) is 0 Å². The van der Waals surface area contributed by atoms with E-state index >= 15 is 0 Å². The Balaban J connectivity index is 2.15. The fourth-order valence-corrected chi connectivity index (χ4v) is 3.62. The van der Waals surface area contributed by atoms with Gasteiger partial charge in [-0.05, 0) is 46.2 Å². The molecule has 1 atom stereocenters. The van der Waals surface area contributed by atoms with E-state index in [0.717, 1.165) is 6.42 Å². The van der Waals surface area contributed by atoms with E-state index in [1.165, 1.54) is 14.7 Å². The van der Waals surface area contributed by atoms with Gasteiger partial charge in [-0.3, -0.25) is 0 Å². The summed E-state index contributed by atoms with van der Waals surface area (Å²) in [5, 5.41) is 0. The molecule has 0 nitrogen and oxygen atoms in total. The van der Waals surface area contributed by atoms with Crippen molar-refractivity contribution >= 4 is 38.5 Å². The highest BCUT2D eigenvalue weighted by molar-refractivity contribution is 14.1. The number of hydrogen-bond acceptors (Lipinski definition) is 0. The van der Waals surface area contributed by atoms with Crippen molar-refractivity contribution in [3.05, 3.63) is 69.3 Å². The maximum Gasteiger partial charge on any atom is 0.0446 e. The molecule has 0 radical (unpaired) electrons. The molecule has 16 heavy (non-hydrogen) atoms. The molecule has 2 heteroatoms. The van der Waals surface area contributed by atoms with Crippen LogP contribution in [0.4, 0.5) is 0 Å². The zero-order chi connectivity index (χ0) is 11.4. The fourth-order valence-electron chi connectivity index (χ4n) is 1.66. The number of halogens is 2. The largest absolute Gasteiger partial charge is 0.0835 e. The van der Waals surface area contributed by atoms with Gasteiger partial charge in [0.15, 0.2) is 0 Å². The Kier molecular flexibility index (Phi) is 4.41. The van der Waals surface area contributed by atoms with Crippen molar-refractivity contribution in [2.45, 2.75) is 11.2 Å². The molecule has 0 spiro atoms. The Morgan fingerprint density at radius 3 is 2.25 bits per heavy atom. The predicted octanol–water partition coefficient (Wildman–Crippen LogP) is 4.97. The van der Waals surface area contributed by atoms with E-state index in [0.29, 0.717) is 4.83 Å². The lowest BCUT2D eigenvalue weighted by Crippen LogP contribution is -1.97. The second-order valence-corrected chi connectivity index (χ2v) is 5.95. The SMILES string of the molecule is BrC(Cc1ccccc1)c1ccccc1I. The second kappa shape index (κ2) is 5.82. The van der Waals surface area contributed by atoms with Crippen LogP contribution < -0.4 is 0 Å². The predicted molar refractivity (Wildman–Crippen MR) is 81.0 cm³/mol. The van der Waals surface area contributed by atoms with Crippen LogP contribution in [0.3, 0.4) is 0 Å². The van der Waals surface area contributed by atoms with Crippen LogP contribution in [-0.2, 0) is 6.42 Å². The summed E-state index contributed by atoms with van der Waals surface area (Å²) >= 11 is 6.16. The summed E-state index contributed by atoms with van der Waals surface area (Å²) in [6.07, 6.45) is 1.03. The molecule has 0 aliphatic heterocycles. The summed E-state index contributed by atoms with van der Waals surface area (Å²) < 4.78 is 1.32. The van der Waals surface area contributed by atoms with E-state index in [4.69, 9.17) is 0 Å². The Morgan fingerprint density at radius 1 is 0.938 bits per heavy atom. The maximum absolute atomic E-state index is 3.77. The first-order valence-corrected chi connectivity index (χ1v) is 7.19. The lowest BCUT2D eigenvalue weighted by molar-refractivity contribution is 0.943. The summed E-state index contributed by atoms with van der Waals surface area (Å²) in [7, 11) is 0. The van der Waals surface area contributed by atoms with Crippen LogP contribution >= 0.6 is 38.5 Å². The van der Waals surface area contributed by atoms with Crippen LogP contribution in [0.2, 0.25) is 0 Å². The molecule has 0 saturated heterocycles. The van der Waals surface area contributed by atoms with Crippen molar-refractivity contribution in [1.29, 1.82) is 0 Å². The lowest BCUT2D eigenvalue weighted by Gasteiger charge is -2.12. The third-order valence-corrected chi connectivity index (χ3v) is 4.30. The van der Waals surface area contributed by atoms with Gasteiger partial charge in [0.25, 0.3) is 0 Å².